The Bertz CT molecular complexity index is 1170. The van der Waals surface area contributed by atoms with Gasteiger partial charge in [0, 0.05) is 12.8 Å². The van der Waals surface area contributed by atoms with E-state index < -0.39 is 59.9 Å². The van der Waals surface area contributed by atoms with Crippen molar-refractivity contribution in [1.82, 2.24) is 16.0 Å². The lowest BCUT2D eigenvalue weighted by Crippen LogP contribution is -2.60. The molecule has 0 aliphatic heterocycles. The summed E-state index contributed by atoms with van der Waals surface area (Å²) in [4.78, 5) is 61.9. The SMILES string of the molecule is CC(O)C(NC(=O)C(CCC(N)=O)NC(=O)C(N)Cc1ccccc1)C(=O)NC(Cc1ccc(O)cc1)C(=O)O. The van der Waals surface area contributed by atoms with E-state index in [2.05, 4.69) is 16.0 Å². The summed E-state index contributed by atoms with van der Waals surface area (Å²) in [6, 6.07) is 9.25. The lowest BCUT2D eigenvalue weighted by molar-refractivity contribution is -0.143. The Hall–Kier alpha value is -4.49. The van der Waals surface area contributed by atoms with Crippen molar-refractivity contribution in [3.63, 3.8) is 0 Å². The van der Waals surface area contributed by atoms with Gasteiger partial charge in [-0.3, -0.25) is 19.2 Å². The second kappa shape index (κ2) is 15.2. The van der Waals surface area contributed by atoms with Gasteiger partial charge < -0.3 is 42.7 Å². The second-order valence-electron chi connectivity index (χ2n) is 9.36. The van der Waals surface area contributed by atoms with Crippen LogP contribution in [-0.2, 0) is 36.8 Å². The van der Waals surface area contributed by atoms with Gasteiger partial charge in [0.05, 0.1) is 12.1 Å². The number of carbonyl (C=O) groups is 5. The summed E-state index contributed by atoms with van der Waals surface area (Å²) in [5.41, 5.74) is 12.5. The van der Waals surface area contributed by atoms with Gasteiger partial charge in [-0.15, -0.1) is 0 Å². The molecule has 2 rings (SSSR count). The zero-order valence-corrected chi connectivity index (χ0v) is 21.9. The van der Waals surface area contributed by atoms with Crippen LogP contribution in [0.4, 0.5) is 0 Å². The largest absolute Gasteiger partial charge is 0.508 e. The van der Waals surface area contributed by atoms with E-state index in [0.29, 0.717) is 5.56 Å². The van der Waals surface area contributed by atoms with Crippen LogP contribution in [0, 0.1) is 0 Å². The number of benzene rings is 2. The number of hydrogen-bond donors (Lipinski definition) is 8. The highest BCUT2D eigenvalue weighted by molar-refractivity contribution is 5.94. The molecule has 0 fully saturated rings. The number of carboxylic acids is 1. The zero-order chi connectivity index (χ0) is 29.8. The number of nitrogens with two attached hydrogens (primary N) is 2. The summed E-state index contributed by atoms with van der Waals surface area (Å²) < 4.78 is 0. The lowest BCUT2D eigenvalue weighted by Gasteiger charge is -2.26. The minimum Gasteiger partial charge on any atom is -0.508 e. The van der Waals surface area contributed by atoms with Gasteiger partial charge in [0.25, 0.3) is 0 Å². The number of phenols is 1. The van der Waals surface area contributed by atoms with E-state index in [-0.39, 0.29) is 31.4 Å². The number of nitrogens with one attached hydrogen (secondary N) is 3. The Kier molecular flexibility index (Phi) is 12.0. The highest BCUT2D eigenvalue weighted by Crippen LogP contribution is 2.12. The van der Waals surface area contributed by atoms with Crippen LogP contribution in [0.3, 0.4) is 0 Å². The quantitative estimate of drug-likeness (QED) is 0.130. The number of carbonyl (C=O) groups excluding carboxylic acids is 4. The lowest BCUT2D eigenvalue weighted by atomic mass is 10.0. The number of hydrogen-bond acceptors (Lipinski definition) is 8. The van der Waals surface area contributed by atoms with Crippen molar-refractivity contribution in [1.29, 1.82) is 0 Å². The zero-order valence-electron chi connectivity index (χ0n) is 21.9. The summed E-state index contributed by atoms with van der Waals surface area (Å²) >= 11 is 0. The number of primary amides is 1. The molecule has 13 heteroatoms. The van der Waals surface area contributed by atoms with E-state index in [4.69, 9.17) is 11.5 Å². The molecule has 0 bridgehead atoms. The molecule has 5 unspecified atom stereocenters. The van der Waals surface area contributed by atoms with Crippen molar-refractivity contribution in [2.75, 3.05) is 0 Å². The third kappa shape index (κ3) is 10.3. The molecule has 0 heterocycles. The standard InChI is InChI=1S/C27H35N5O8/c1-15(33)23(26(38)31-21(27(39)40)14-17-7-9-18(34)10-8-17)32-25(37)20(11-12-22(29)35)30-24(36)19(28)13-16-5-3-2-4-6-16/h2-10,15,19-21,23,33-34H,11-14,28H2,1H3,(H2,29,35)(H,30,36)(H,31,38)(H,32,37)(H,39,40). The Labute approximate surface area is 230 Å². The molecular formula is C27H35N5O8. The van der Waals surface area contributed by atoms with E-state index in [1.165, 1.54) is 31.2 Å². The highest BCUT2D eigenvalue weighted by atomic mass is 16.4. The molecule has 0 spiro atoms. The second-order valence-corrected chi connectivity index (χ2v) is 9.36. The summed E-state index contributed by atoms with van der Waals surface area (Å²) in [6.07, 6.45) is -1.91. The average molecular weight is 558 g/mol. The number of phenolic OH excluding ortho intramolecular Hbond substituents is 1. The van der Waals surface area contributed by atoms with Crippen molar-refractivity contribution in [2.24, 2.45) is 11.5 Å². The maximum absolute atomic E-state index is 13.1. The summed E-state index contributed by atoms with van der Waals surface area (Å²) in [5, 5.41) is 36.3. The summed E-state index contributed by atoms with van der Waals surface area (Å²) in [5.74, 6) is -4.70. The van der Waals surface area contributed by atoms with Gasteiger partial charge in [0.2, 0.25) is 23.6 Å². The maximum Gasteiger partial charge on any atom is 0.326 e. The highest BCUT2D eigenvalue weighted by Gasteiger charge is 2.33. The monoisotopic (exact) mass is 557 g/mol. The number of carboxylic acid groups (broad SMARTS) is 1. The predicted molar refractivity (Wildman–Crippen MR) is 143 cm³/mol. The first-order valence-corrected chi connectivity index (χ1v) is 12.5. The average Bonchev–Trinajstić information content (AvgIpc) is 2.90. The first-order chi connectivity index (χ1) is 18.9. The third-order valence-corrected chi connectivity index (χ3v) is 6.00. The van der Waals surface area contributed by atoms with Crippen LogP contribution in [0.1, 0.15) is 30.9 Å². The molecule has 13 nitrogen and oxygen atoms in total. The van der Waals surface area contributed by atoms with Crippen molar-refractivity contribution in [3.05, 3.63) is 65.7 Å². The van der Waals surface area contributed by atoms with Crippen molar-refractivity contribution >= 4 is 29.6 Å². The molecule has 2 aromatic carbocycles. The Morgan fingerprint density at radius 1 is 0.800 bits per heavy atom. The first-order valence-electron chi connectivity index (χ1n) is 12.5. The fourth-order valence-electron chi connectivity index (χ4n) is 3.78. The number of aromatic hydroxyl groups is 1. The molecular weight excluding hydrogens is 522 g/mol. The normalized spacial score (nSPS) is 14.6. The first kappa shape index (κ1) is 31.7. The molecule has 0 saturated carbocycles. The molecule has 5 atom stereocenters. The third-order valence-electron chi connectivity index (χ3n) is 6.00. The minimum atomic E-state index is -1.60. The van der Waals surface area contributed by atoms with Crippen LogP contribution >= 0.6 is 0 Å². The van der Waals surface area contributed by atoms with Gasteiger partial charge in [-0.25, -0.2) is 4.79 Å². The van der Waals surface area contributed by atoms with Gasteiger partial charge in [-0.2, -0.15) is 0 Å². The molecule has 0 aliphatic carbocycles. The van der Waals surface area contributed by atoms with Crippen LogP contribution < -0.4 is 27.4 Å². The summed E-state index contributed by atoms with van der Waals surface area (Å²) in [6.45, 7) is 1.22. The topological polar surface area (TPSA) is 234 Å². The number of aliphatic carboxylic acids is 1. The summed E-state index contributed by atoms with van der Waals surface area (Å²) in [7, 11) is 0. The molecule has 4 amide bonds. The minimum absolute atomic E-state index is 0.0180. The van der Waals surface area contributed by atoms with Gasteiger partial charge in [-0.05, 0) is 43.0 Å². The van der Waals surface area contributed by atoms with Crippen molar-refractivity contribution in [3.8, 4) is 5.75 Å². The van der Waals surface area contributed by atoms with E-state index in [0.717, 1.165) is 5.56 Å². The van der Waals surface area contributed by atoms with Gasteiger partial charge in [0.15, 0.2) is 0 Å². The molecule has 40 heavy (non-hydrogen) atoms. The smallest absolute Gasteiger partial charge is 0.326 e. The molecule has 216 valence electrons. The maximum atomic E-state index is 13.1. The van der Waals surface area contributed by atoms with E-state index in [9.17, 15) is 39.3 Å². The Balaban J connectivity index is 2.12. The van der Waals surface area contributed by atoms with Gasteiger partial charge in [0.1, 0.15) is 23.9 Å². The van der Waals surface area contributed by atoms with Crippen LogP contribution in [0.2, 0.25) is 0 Å². The molecule has 2 aromatic rings. The van der Waals surface area contributed by atoms with Gasteiger partial charge in [-0.1, -0.05) is 42.5 Å². The Morgan fingerprint density at radius 3 is 1.93 bits per heavy atom. The predicted octanol–water partition coefficient (Wildman–Crippen LogP) is -1.31. The molecule has 0 aliphatic rings. The fraction of sp³-hybridized carbons (Fsp3) is 0.370. The molecule has 0 radical (unpaired) electrons. The van der Waals surface area contributed by atoms with E-state index >= 15 is 0 Å². The van der Waals surface area contributed by atoms with Crippen LogP contribution in [-0.4, -0.2) is 75.2 Å². The molecule has 0 saturated heterocycles. The van der Waals surface area contributed by atoms with Gasteiger partial charge >= 0.3 is 5.97 Å². The van der Waals surface area contributed by atoms with Crippen LogP contribution in [0.25, 0.3) is 0 Å². The Morgan fingerprint density at radius 2 is 1.38 bits per heavy atom. The van der Waals surface area contributed by atoms with E-state index in [1.54, 1.807) is 30.3 Å². The number of amides is 4. The van der Waals surface area contributed by atoms with Crippen LogP contribution in [0.5, 0.6) is 5.75 Å². The molecule has 0 aromatic heterocycles. The van der Waals surface area contributed by atoms with Crippen molar-refractivity contribution in [2.45, 2.75) is 62.9 Å². The van der Waals surface area contributed by atoms with Crippen molar-refractivity contribution < 1.29 is 39.3 Å². The number of aliphatic hydroxyl groups excluding tert-OH is 1. The number of aliphatic hydroxyl groups is 1. The molecule has 10 N–H and O–H groups in total. The van der Waals surface area contributed by atoms with E-state index in [1.807, 2.05) is 0 Å². The number of rotatable bonds is 15. The van der Waals surface area contributed by atoms with Crippen LogP contribution in [0.15, 0.2) is 54.6 Å². The fourth-order valence-corrected chi connectivity index (χ4v) is 3.78.